The number of carboxylic acids is 1. The van der Waals surface area contributed by atoms with E-state index in [9.17, 15) is 9.59 Å². The Kier molecular flexibility index (Phi) is 4.60. The summed E-state index contributed by atoms with van der Waals surface area (Å²) in [7, 11) is 5.40. The molecule has 2 heterocycles. The van der Waals surface area contributed by atoms with Gasteiger partial charge in [0.15, 0.2) is 0 Å². The molecule has 1 amide bonds. The highest BCUT2D eigenvalue weighted by Gasteiger charge is 2.35. The molecule has 0 aromatic carbocycles. The topological polar surface area (TPSA) is 98.7 Å². The molecule has 1 saturated heterocycles. The number of carbonyl (C=O) groups excluding carboxylic acids is 1. The summed E-state index contributed by atoms with van der Waals surface area (Å²) in [6.07, 6.45) is 1.90. The van der Waals surface area contributed by atoms with Crippen molar-refractivity contribution in [1.82, 2.24) is 20.2 Å². The normalized spacial score (nSPS) is 21.6. The summed E-state index contributed by atoms with van der Waals surface area (Å²) in [4.78, 5) is 35.3. The van der Waals surface area contributed by atoms with Crippen molar-refractivity contribution in [2.24, 2.45) is 0 Å². The number of aryl methyl sites for hydroxylation is 1. The minimum Gasteiger partial charge on any atom is -0.480 e. The number of likely N-dealkylation sites (N-methyl/N-ethyl adjacent to an activating group) is 1. The molecule has 2 unspecified atom stereocenters. The van der Waals surface area contributed by atoms with Crippen LogP contribution in [0.15, 0.2) is 6.20 Å². The summed E-state index contributed by atoms with van der Waals surface area (Å²) in [5, 5.41) is 12.0. The van der Waals surface area contributed by atoms with Crippen molar-refractivity contribution in [2.45, 2.75) is 25.4 Å². The highest BCUT2D eigenvalue weighted by atomic mass is 16.4. The lowest BCUT2D eigenvalue weighted by molar-refractivity contribution is -0.141. The van der Waals surface area contributed by atoms with Crippen molar-refractivity contribution in [1.29, 1.82) is 0 Å². The van der Waals surface area contributed by atoms with Gasteiger partial charge in [0.05, 0.1) is 11.3 Å². The number of carboxylic acid groups (broad SMARTS) is 1. The number of hydrogen-bond donors (Lipinski definition) is 2. The van der Waals surface area contributed by atoms with E-state index in [-0.39, 0.29) is 11.9 Å². The Morgan fingerprint density at radius 3 is 2.64 bits per heavy atom. The molecule has 0 saturated carbocycles. The molecule has 0 radical (unpaired) electrons. The third kappa shape index (κ3) is 3.33. The van der Waals surface area contributed by atoms with Crippen LogP contribution in [0, 0.1) is 6.92 Å². The second kappa shape index (κ2) is 6.27. The van der Waals surface area contributed by atoms with E-state index in [2.05, 4.69) is 15.3 Å². The van der Waals surface area contributed by atoms with Crippen LogP contribution in [0.25, 0.3) is 0 Å². The minimum absolute atomic E-state index is 0.188. The Morgan fingerprint density at radius 2 is 2.14 bits per heavy atom. The van der Waals surface area contributed by atoms with Crippen molar-refractivity contribution < 1.29 is 14.7 Å². The second-order valence-corrected chi connectivity index (χ2v) is 5.76. The molecule has 8 heteroatoms. The molecule has 2 rings (SSSR count). The molecule has 8 nitrogen and oxygen atoms in total. The lowest BCUT2D eigenvalue weighted by Gasteiger charge is -2.15. The fourth-order valence-corrected chi connectivity index (χ4v) is 2.55. The summed E-state index contributed by atoms with van der Waals surface area (Å²) < 4.78 is 0. The van der Waals surface area contributed by atoms with Crippen LogP contribution in [-0.2, 0) is 4.79 Å². The number of likely N-dealkylation sites (tertiary alicyclic amines) is 1. The predicted molar refractivity (Wildman–Crippen MR) is 81.0 cm³/mol. The van der Waals surface area contributed by atoms with Gasteiger partial charge in [0.1, 0.15) is 6.04 Å². The van der Waals surface area contributed by atoms with Crippen molar-refractivity contribution in [3.8, 4) is 0 Å². The van der Waals surface area contributed by atoms with E-state index in [0.29, 0.717) is 30.2 Å². The molecule has 1 aromatic rings. The number of carbonyl (C=O) groups is 2. The van der Waals surface area contributed by atoms with Crippen LogP contribution in [0.5, 0.6) is 0 Å². The van der Waals surface area contributed by atoms with Gasteiger partial charge in [0.25, 0.3) is 5.91 Å². The zero-order valence-electron chi connectivity index (χ0n) is 13.2. The molecule has 1 aliphatic heterocycles. The van der Waals surface area contributed by atoms with E-state index in [0.717, 1.165) is 0 Å². The van der Waals surface area contributed by atoms with Crippen LogP contribution >= 0.6 is 0 Å². The lowest BCUT2D eigenvalue weighted by Crippen LogP contribution is -2.37. The number of nitrogens with zero attached hydrogens (tertiary/aromatic N) is 4. The number of aromatic nitrogens is 2. The Labute approximate surface area is 129 Å². The number of amides is 1. The molecule has 120 valence electrons. The number of anilines is 1. The van der Waals surface area contributed by atoms with E-state index in [1.165, 1.54) is 6.20 Å². The van der Waals surface area contributed by atoms with Gasteiger partial charge in [-0.3, -0.25) is 14.5 Å². The van der Waals surface area contributed by atoms with Crippen LogP contribution in [0.1, 0.15) is 22.5 Å². The van der Waals surface area contributed by atoms with Crippen LogP contribution in [0.2, 0.25) is 0 Å². The highest BCUT2D eigenvalue weighted by molar-refractivity contribution is 5.95. The molecular weight excluding hydrogens is 286 g/mol. The van der Waals surface area contributed by atoms with Gasteiger partial charge in [-0.1, -0.05) is 0 Å². The zero-order chi connectivity index (χ0) is 16.4. The quantitative estimate of drug-likeness (QED) is 0.790. The number of nitrogens with one attached hydrogen (secondary N) is 1. The zero-order valence-corrected chi connectivity index (χ0v) is 13.2. The fourth-order valence-electron chi connectivity index (χ4n) is 2.55. The van der Waals surface area contributed by atoms with E-state index in [4.69, 9.17) is 5.11 Å². The average Bonchev–Trinajstić information content (AvgIpc) is 2.79. The largest absolute Gasteiger partial charge is 0.480 e. The van der Waals surface area contributed by atoms with Crippen molar-refractivity contribution >= 4 is 17.8 Å². The molecule has 2 N–H and O–H groups in total. The maximum Gasteiger partial charge on any atom is 0.320 e. The highest BCUT2D eigenvalue weighted by Crippen LogP contribution is 2.17. The van der Waals surface area contributed by atoms with Crippen LogP contribution < -0.4 is 10.2 Å². The maximum absolute atomic E-state index is 12.3. The van der Waals surface area contributed by atoms with Gasteiger partial charge >= 0.3 is 5.97 Å². The average molecular weight is 307 g/mol. The molecule has 22 heavy (non-hydrogen) atoms. The van der Waals surface area contributed by atoms with Gasteiger partial charge in [-0.05, 0) is 20.4 Å². The van der Waals surface area contributed by atoms with Crippen molar-refractivity contribution in [3.63, 3.8) is 0 Å². The van der Waals surface area contributed by atoms with Gasteiger partial charge in [-0.25, -0.2) is 9.97 Å². The predicted octanol–water partition coefficient (Wildman–Crippen LogP) is -0.262. The molecule has 1 aliphatic rings. The van der Waals surface area contributed by atoms with Crippen LogP contribution in [0.4, 0.5) is 5.95 Å². The summed E-state index contributed by atoms with van der Waals surface area (Å²) in [6.45, 7) is 2.27. The monoisotopic (exact) mass is 307 g/mol. The first kappa shape index (κ1) is 16.2. The lowest BCUT2D eigenvalue weighted by atomic mass is 10.1. The van der Waals surface area contributed by atoms with E-state index >= 15 is 0 Å². The number of hydrogen-bond acceptors (Lipinski definition) is 6. The van der Waals surface area contributed by atoms with Gasteiger partial charge < -0.3 is 15.3 Å². The molecular formula is C14H21N5O3. The van der Waals surface area contributed by atoms with Crippen molar-refractivity contribution in [3.05, 3.63) is 17.5 Å². The first-order valence-corrected chi connectivity index (χ1v) is 7.04. The Balaban J connectivity index is 2.06. The summed E-state index contributed by atoms with van der Waals surface area (Å²) in [5.41, 5.74) is 1.00. The van der Waals surface area contributed by atoms with E-state index in [1.807, 2.05) is 14.1 Å². The Morgan fingerprint density at radius 1 is 1.45 bits per heavy atom. The molecule has 0 aliphatic carbocycles. The molecule has 0 spiro atoms. The van der Waals surface area contributed by atoms with E-state index < -0.39 is 12.0 Å². The standard InChI is InChI=1S/C14H21N5O3/c1-8-10(6-15-14(16-8)18(2)3)12(20)17-9-5-11(13(21)22)19(4)7-9/h6,9,11H,5,7H2,1-4H3,(H,17,20)(H,21,22). The molecule has 1 aromatic heterocycles. The van der Waals surface area contributed by atoms with Crippen LogP contribution in [0.3, 0.4) is 0 Å². The number of aliphatic carboxylic acids is 1. The number of rotatable bonds is 4. The molecule has 2 atom stereocenters. The van der Waals surface area contributed by atoms with Gasteiger partial charge in [-0.15, -0.1) is 0 Å². The first-order valence-electron chi connectivity index (χ1n) is 7.04. The summed E-state index contributed by atoms with van der Waals surface area (Å²) in [5.74, 6) is -0.595. The van der Waals surface area contributed by atoms with Gasteiger partial charge in [-0.2, -0.15) is 0 Å². The maximum atomic E-state index is 12.3. The van der Waals surface area contributed by atoms with Gasteiger partial charge in [0, 0.05) is 32.9 Å². The Hall–Kier alpha value is -2.22. The smallest absolute Gasteiger partial charge is 0.320 e. The SMILES string of the molecule is Cc1nc(N(C)C)ncc1C(=O)NC1CC(C(=O)O)N(C)C1. The molecule has 1 fully saturated rings. The minimum atomic E-state index is -0.867. The Bertz CT molecular complexity index is 590. The molecule has 0 bridgehead atoms. The third-order valence-electron chi connectivity index (χ3n) is 3.78. The van der Waals surface area contributed by atoms with Gasteiger partial charge in [0.2, 0.25) is 5.95 Å². The third-order valence-corrected chi connectivity index (χ3v) is 3.78. The summed E-state index contributed by atoms with van der Waals surface area (Å²) in [6, 6.07) is -0.745. The summed E-state index contributed by atoms with van der Waals surface area (Å²) >= 11 is 0. The first-order chi connectivity index (χ1) is 10.3. The van der Waals surface area contributed by atoms with Crippen molar-refractivity contribution in [2.75, 3.05) is 32.6 Å². The van der Waals surface area contributed by atoms with Crippen LogP contribution in [-0.4, -0.2) is 71.6 Å². The fraction of sp³-hybridized carbons (Fsp3) is 0.571. The van der Waals surface area contributed by atoms with E-state index in [1.54, 1.807) is 23.8 Å². The second-order valence-electron chi connectivity index (χ2n) is 5.76.